The lowest BCUT2D eigenvalue weighted by atomic mass is 9.80. The van der Waals surface area contributed by atoms with Gasteiger partial charge in [0, 0.05) is 79.1 Å². The van der Waals surface area contributed by atoms with E-state index in [4.69, 9.17) is 4.74 Å². The molecule has 0 spiro atoms. The Morgan fingerprint density at radius 2 is 1.41 bits per heavy atom. The number of carbonyl (C=O) groups is 3. The quantitative estimate of drug-likeness (QED) is 0.0401. The van der Waals surface area contributed by atoms with Gasteiger partial charge in [-0.1, -0.05) is 61.4 Å². The second kappa shape index (κ2) is 21.8. The van der Waals surface area contributed by atoms with Crippen LogP contribution >= 0.6 is 0 Å². The molecule has 4 aliphatic rings. The van der Waals surface area contributed by atoms with Crippen molar-refractivity contribution < 1.29 is 49.6 Å². The first-order valence-corrected chi connectivity index (χ1v) is 27.7. The maximum absolute atomic E-state index is 12.7. The largest absolute Gasteiger partial charge is 0.457 e. The Morgan fingerprint density at radius 1 is 0.761 bits per heavy atom. The van der Waals surface area contributed by atoms with Crippen molar-refractivity contribution in [2.45, 2.75) is 110 Å². The Hall–Kier alpha value is -5.94. The summed E-state index contributed by atoms with van der Waals surface area (Å²) < 4.78 is 74.5. The standard InChI is InChI=1S/C55H66N4O10S2/c1-38-14-23-46-44(36-38)54(3,4)48(57(46)31-7-9-34-70(63,64)65)25-19-41-12-11-13-42(20-26-49-55(5,6)45-37-39(2)15-24-47(45)58(49)32-8-10-35-71(66,67)68)53(41)69-43-21-16-40(17-22-43)18-27-50(60)56-30-33-59-51(61)28-29-52(59)62/h14-17,19-26,28-29,36-37H,7-13,18,27,30-35H2,1-6H3,(H2-,56,60,63,64,65,66,67,68)/p+1. The van der Waals surface area contributed by atoms with Gasteiger partial charge in [0.15, 0.2) is 5.71 Å². The number of ether oxygens (including phenoxy) is 1. The molecule has 3 aliphatic heterocycles. The molecule has 7 rings (SSSR count). The smallest absolute Gasteiger partial charge is 0.264 e. The Labute approximate surface area is 419 Å². The highest BCUT2D eigenvalue weighted by molar-refractivity contribution is 7.86. The average molecular weight is 1010 g/mol. The van der Waals surface area contributed by atoms with Crippen molar-refractivity contribution in [3.8, 4) is 5.75 Å². The van der Waals surface area contributed by atoms with Crippen molar-refractivity contribution >= 4 is 55.0 Å². The van der Waals surface area contributed by atoms with Crippen LogP contribution in [0.4, 0.5) is 11.4 Å². The van der Waals surface area contributed by atoms with Crippen LogP contribution in [0.2, 0.25) is 0 Å². The molecule has 378 valence electrons. The van der Waals surface area contributed by atoms with Gasteiger partial charge in [-0.25, -0.2) is 0 Å². The number of allylic oxidation sites excluding steroid dienone is 7. The Morgan fingerprint density at radius 3 is 2.08 bits per heavy atom. The number of hydrogen-bond acceptors (Lipinski definition) is 9. The molecule has 0 radical (unpaired) electrons. The minimum atomic E-state index is -4.08. The SMILES string of the molecule is Cc1ccc2c(c1)C(C)(C)C(/C=C/C1=C(Oc3ccc(CCC(=O)NCCN4C(=O)C=CC4=O)cc3)C(=C/C=C3/N(CCCCS(=O)(=O)O)c4ccc(C)cc4C3(C)C)/CCC1)=[N+]2CCCCS(=O)(=O)O. The fourth-order valence-corrected chi connectivity index (χ4v) is 11.2. The molecule has 0 atom stereocenters. The topological polar surface area (TPSA) is 191 Å². The molecule has 16 heteroatoms. The Bertz CT molecular complexity index is 2980. The molecule has 0 saturated carbocycles. The number of carbonyl (C=O) groups excluding carboxylic acids is 3. The van der Waals surface area contributed by atoms with Crippen LogP contribution in [0.3, 0.4) is 0 Å². The van der Waals surface area contributed by atoms with Crippen LogP contribution in [0.5, 0.6) is 5.75 Å². The van der Waals surface area contributed by atoms with Crippen molar-refractivity contribution in [1.29, 1.82) is 0 Å². The van der Waals surface area contributed by atoms with E-state index < -0.39 is 20.2 Å². The van der Waals surface area contributed by atoms with E-state index in [2.05, 4.69) is 117 Å². The lowest BCUT2D eigenvalue weighted by Gasteiger charge is -2.27. The molecular weight excluding hydrogens is 941 g/mol. The minimum absolute atomic E-state index is 0.106. The van der Waals surface area contributed by atoms with E-state index in [-0.39, 0.29) is 59.6 Å². The van der Waals surface area contributed by atoms with Gasteiger partial charge in [-0.15, -0.1) is 0 Å². The first kappa shape index (κ1) is 52.9. The van der Waals surface area contributed by atoms with E-state index in [1.54, 1.807) is 0 Å². The van der Waals surface area contributed by atoms with Gasteiger partial charge < -0.3 is 15.0 Å². The van der Waals surface area contributed by atoms with Gasteiger partial charge in [0.2, 0.25) is 11.6 Å². The van der Waals surface area contributed by atoms with Crippen LogP contribution in [0.25, 0.3) is 0 Å². The fourth-order valence-electron chi connectivity index (χ4n) is 10.0. The molecule has 71 heavy (non-hydrogen) atoms. The van der Waals surface area contributed by atoms with Crippen LogP contribution in [0, 0.1) is 13.8 Å². The number of unbranched alkanes of at least 4 members (excludes halogenated alkanes) is 2. The summed E-state index contributed by atoms with van der Waals surface area (Å²) in [5.41, 5.74) is 11.0. The number of nitrogens with one attached hydrogen (secondary N) is 1. The first-order chi connectivity index (χ1) is 33.5. The summed E-state index contributed by atoms with van der Waals surface area (Å²) in [6.45, 7) is 14.3. The lowest BCUT2D eigenvalue weighted by Crippen LogP contribution is -2.38. The van der Waals surface area contributed by atoms with Gasteiger partial charge >= 0.3 is 0 Å². The third-order valence-corrected chi connectivity index (χ3v) is 15.5. The van der Waals surface area contributed by atoms with Crippen molar-refractivity contribution in [3.05, 3.63) is 148 Å². The van der Waals surface area contributed by atoms with Gasteiger partial charge in [-0.3, -0.25) is 28.4 Å². The summed E-state index contributed by atoms with van der Waals surface area (Å²) in [5, 5.41) is 2.80. The van der Waals surface area contributed by atoms with Crippen LogP contribution in [-0.4, -0.2) is 96.5 Å². The Balaban J connectivity index is 1.21. The highest BCUT2D eigenvalue weighted by atomic mass is 32.2. The number of amides is 3. The molecule has 3 heterocycles. The zero-order valence-electron chi connectivity index (χ0n) is 41.7. The van der Waals surface area contributed by atoms with E-state index >= 15 is 0 Å². The van der Waals surface area contributed by atoms with Gasteiger partial charge in [-0.2, -0.15) is 21.4 Å². The highest BCUT2D eigenvalue weighted by Gasteiger charge is 2.44. The molecule has 1 aliphatic carbocycles. The number of fused-ring (bicyclic) bond motifs is 2. The van der Waals surface area contributed by atoms with Crippen LogP contribution in [0.15, 0.2) is 120 Å². The van der Waals surface area contributed by atoms with Crippen molar-refractivity contribution in [3.63, 3.8) is 0 Å². The summed E-state index contributed by atoms with van der Waals surface area (Å²) in [4.78, 5) is 39.8. The second-order valence-corrected chi connectivity index (χ2v) is 23.2. The zero-order chi connectivity index (χ0) is 51.3. The van der Waals surface area contributed by atoms with Gasteiger partial charge in [-0.05, 0) is 131 Å². The maximum atomic E-state index is 12.7. The number of anilines is 1. The summed E-state index contributed by atoms with van der Waals surface area (Å²) in [6.07, 6.45) is 15.8. The summed E-state index contributed by atoms with van der Waals surface area (Å²) in [6, 6.07) is 20.5. The third-order valence-electron chi connectivity index (χ3n) is 13.9. The van der Waals surface area contributed by atoms with Crippen molar-refractivity contribution in [1.82, 2.24) is 10.2 Å². The average Bonchev–Trinajstić information content (AvgIpc) is 3.81. The highest BCUT2D eigenvalue weighted by Crippen LogP contribution is 2.49. The van der Waals surface area contributed by atoms with Gasteiger partial charge in [0.1, 0.15) is 18.1 Å². The van der Waals surface area contributed by atoms with E-state index in [0.29, 0.717) is 50.9 Å². The summed E-state index contributed by atoms with van der Waals surface area (Å²) >= 11 is 0. The number of benzene rings is 3. The first-order valence-electron chi connectivity index (χ1n) is 24.5. The normalized spacial score (nSPS) is 18.7. The molecule has 14 nitrogen and oxygen atoms in total. The second-order valence-electron chi connectivity index (χ2n) is 20.0. The molecule has 0 aromatic heterocycles. The minimum Gasteiger partial charge on any atom is -0.457 e. The summed E-state index contributed by atoms with van der Waals surface area (Å²) in [7, 11) is -8.17. The molecule has 0 saturated heterocycles. The molecule has 3 aromatic carbocycles. The third kappa shape index (κ3) is 12.9. The van der Waals surface area contributed by atoms with Gasteiger partial charge in [0.05, 0.1) is 16.9 Å². The van der Waals surface area contributed by atoms with E-state index in [1.165, 1.54) is 23.3 Å². The number of nitrogens with zero attached hydrogens (tertiary/aromatic N) is 3. The van der Waals surface area contributed by atoms with Crippen molar-refractivity contribution in [2.24, 2.45) is 0 Å². The molecule has 0 fully saturated rings. The predicted molar refractivity (Wildman–Crippen MR) is 277 cm³/mol. The number of imide groups is 1. The summed E-state index contributed by atoms with van der Waals surface area (Å²) in [5.74, 6) is -0.216. The number of hydrogen-bond donors (Lipinski definition) is 3. The molecule has 0 bridgehead atoms. The lowest BCUT2D eigenvalue weighted by molar-refractivity contribution is -0.438. The zero-order valence-corrected chi connectivity index (χ0v) is 43.3. The van der Waals surface area contributed by atoms with Crippen LogP contribution < -0.4 is 15.0 Å². The predicted octanol–water partition coefficient (Wildman–Crippen LogP) is 8.67. The van der Waals surface area contributed by atoms with E-state index in [0.717, 1.165) is 80.5 Å². The van der Waals surface area contributed by atoms with Gasteiger partial charge in [0.25, 0.3) is 32.1 Å². The molecular formula is C55H67N4O10S2+. The number of aryl methyl sites for hydroxylation is 3. The monoisotopic (exact) mass is 1010 g/mol. The van der Waals surface area contributed by atoms with E-state index in [1.807, 2.05) is 24.3 Å². The maximum Gasteiger partial charge on any atom is 0.264 e. The van der Waals surface area contributed by atoms with Crippen molar-refractivity contribution in [2.75, 3.05) is 42.6 Å². The van der Waals surface area contributed by atoms with Crippen LogP contribution in [0.1, 0.15) is 107 Å². The van der Waals surface area contributed by atoms with Crippen LogP contribution in [-0.2, 0) is 51.9 Å². The molecule has 3 amide bonds. The molecule has 0 unspecified atom stereocenters. The fraction of sp³-hybridized carbons (Fsp3) is 0.418. The number of rotatable bonds is 21. The van der Waals surface area contributed by atoms with E-state index in [9.17, 15) is 40.3 Å². The molecule has 3 aromatic rings. The Kier molecular flexibility index (Phi) is 16.2. The molecule has 3 N–H and O–H groups in total.